The minimum Gasteiger partial charge on any atom is -0.339 e. The molecule has 0 aliphatic carbocycles. The molecule has 1 aromatic carbocycles. The van der Waals surface area contributed by atoms with E-state index in [1.54, 1.807) is 35.4 Å². The summed E-state index contributed by atoms with van der Waals surface area (Å²) < 4.78 is 1.71. The van der Waals surface area contributed by atoms with Crippen LogP contribution in [0.1, 0.15) is 11.3 Å². The van der Waals surface area contributed by atoms with Crippen molar-refractivity contribution < 1.29 is 0 Å². The van der Waals surface area contributed by atoms with E-state index in [1.165, 1.54) is 0 Å². The maximum Gasteiger partial charge on any atom is 0.221 e. The van der Waals surface area contributed by atoms with Crippen LogP contribution in [0.3, 0.4) is 0 Å². The van der Waals surface area contributed by atoms with E-state index in [0.29, 0.717) is 35.0 Å². The van der Waals surface area contributed by atoms with Crippen LogP contribution in [0.5, 0.6) is 0 Å². The molecule has 0 radical (unpaired) electrons. The molecule has 0 saturated heterocycles. The smallest absolute Gasteiger partial charge is 0.221 e. The average molecular weight is 379 g/mol. The third-order valence-corrected chi connectivity index (χ3v) is 4.37. The lowest BCUT2D eigenvalue weighted by Crippen LogP contribution is -2.04. The largest absolute Gasteiger partial charge is 0.339 e. The van der Waals surface area contributed by atoms with Crippen molar-refractivity contribution in [3.05, 3.63) is 72.3 Å². The molecule has 4 aromatic heterocycles. The van der Waals surface area contributed by atoms with Crippen LogP contribution in [0.2, 0.25) is 0 Å². The van der Waals surface area contributed by atoms with Crippen LogP contribution in [0, 0.1) is 11.3 Å². The van der Waals surface area contributed by atoms with Crippen molar-refractivity contribution in [1.82, 2.24) is 34.9 Å². The molecule has 0 unspecified atom stereocenters. The third-order valence-electron chi connectivity index (χ3n) is 4.37. The highest BCUT2D eigenvalue weighted by molar-refractivity contribution is 5.79. The van der Waals surface area contributed by atoms with Gasteiger partial charge < -0.3 is 5.32 Å². The van der Waals surface area contributed by atoms with E-state index in [1.807, 2.05) is 30.3 Å². The van der Waals surface area contributed by atoms with Gasteiger partial charge in [-0.3, -0.25) is 4.98 Å². The Bertz CT molecular complexity index is 1380. The van der Waals surface area contributed by atoms with Gasteiger partial charge in [-0.2, -0.15) is 5.26 Å². The highest BCUT2D eigenvalue weighted by atomic mass is 15.5. The minimum absolute atomic E-state index is 0.321. The molecule has 0 fully saturated rings. The van der Waals surface area contributed by atoms with Gasteiger partial charge in [-0.25, -0.2) is 19.6 Å². The zero-order valence-electron chi connectivity index (χ0n) is 15.1. The number of pyridine rings is 2. The summed E-state index contributed by atoms with van der Waals surface area (Å²) in [6.07, 6.45) is 4.92. The third kappa shape index (κ3) is 3.30. The van der Waals surface area contributed by atoms with Crippen molar-refractivity contribution in [3.8, 4) is 6.07 Å². The average Bonchev–Trinajstić information content (AvgIpc) is 3.16. The molecule has 0 aliphatic rings. The van der Waals surface area contributed by atoms with E-state index in [0.717, 1.165) is 16.5 Å². The summed E-state index contributed by atoms with van der Waals surface area (Å²) in [4.78, 5) is 17.2. The first-order chi connectivity index (χ1) is 14.3. The Balaban J connectivity index is 1.46. The van der Waals surface area contributed by atoms with E-state index >= 15 is 0 Å². The Kier molecular flexibility index (Phi) is 4.00. The predicted octanol–water partition coefficient (Wildman–Crippen LogP) is 2.83. The zero-order valence-corrected chi connectivity index (χ0v) is 15.1. The van der Waals surface area contributed by atoms with Crippen LogP contribution < -0.4 is 5.32 Å². The van der Waals surface area contributed by atoms with Gasteiger partial charge in [0.05, 0.1) is 18.3 Å². The molecule has 9 heteroatoms. The standard InChI is InChI=1S/C20H13N9/c21-10-16-9-15(5-7-22-16)25-18-11-24-19-20(26-18)29(28-27-19)12-13-3-4-17-14(8-13)2-1-6-23-17/h1-9,11H,12H2,(H,22,25,26). The summed E-state index contributed by atoms with van der Waals surface area (Å²) in [5, 5.41) is 21.5. The van der Waals surface area contributed by atoms with Gasteiger partial charge in [0, 0.05) is 23.5 Å². The highest BCUT2D eigenvalue weighted by Gasteiger charge is 2.10. The lowest BCUT2D eigenvalue weighted by molar-refractivity contribution is 0.664. The number of nitrogens with one attached hydrogen (secondary N) is 1. The molecule has 0 spiro atoms. The van der Waals surface area contributed by atoms with Crippen molar-refractivity contribution in [1.29, 1.82) is 5.26 Å². The van der Waals surface area contributed by atoms with E-state index in [9.17, 15) is 0 Å². The van der Waals surface area contributed by atoms with E-state index in [4.69, 9.17) is 5.26 Å². The molecule has 5 rings (SSSR count). The van der Waals surface area contributed by atoms with Gasteiger partial charge in [0.15, 0.2) is 11.5 Å². The Hall–Kier alpha value is -4.45. The first kappa shape index (κ1) is 16.7. The fourth-order valence-electron chi connectivity index (χ4n) is 3.04. The lowest BCUT2D eigenvalue weighted by atomic mass is 10.1. The number of benzene rings is 1. The summed E-state index contributed by atoms with van der Waals surface area (Å²) in [6.45, 7) is 0.507. The summed E-state index contributed by atoms with van der Waals surface area (Å²) in [7, 11) is 0. The molecule has 0 atom stereocenters. The second-order valence-corrected chi connectivity index (χ2v) is 6.35. The highest BCUT2D eigenvalue weighted by Crippen LogP contribution is 2.18. The molecule has 9 nitrogen and oxygen atoms in total. The van der Waals surface area contributed by atoms with Gasteiger partial charge in [-0.05, 0) is 35.9 Å². The molecule has 5 aromatic rings. The summed E-state index contributed by atoms with van der Waals surface area (Å²) in [6, 6.07) is 15.4. The van der Waals surface area contributed by atoms with Crippen molar-refractivity contribution in [2.45, 2.75) is 6.54 Å². The first-order valence-electron chi connectivity index (χ1n) is 8.81. The molecular formula is C20H13N9. The quantitative estimate of drug-likeness (QED) is 0.506. The van der Waals surface area contributed by atoms with Crippen molar-refractivity contribution in [2.24, 2.45) is 0 Å². The number of hydrogen-bond acceptors (Lipinski definition) is 8. The normalized spacial score (nSPS) is 10.9. The number of fused-ring (bicyclic) bond motifs is 2. The topological polar surface area (TPSA) is 118 Å². The number of anilines is 2. The van der Waals surface area contributed by atoms with E-state index in [2.05, 4.69) is 41.6 Å². The van der Waals surface area contributed by atoms with Gasteiger partial charge in [0.1, 0.15) is 11.8 Å². The maximum atomic E-state index is 8.99. The van der Waals surface area contributed by atoms with Crippen LogP contribution in [-0.2, 0) is 6.54 Å². The maximum absolute atomic E-state index is 8.99. The number of aromatic nitrogens is 7. The fraction of sp³-hybridized carbons (Fsp3) is 0.0500. The molecule has 0 aliphatic heterocycles. The molecule has 4 heterocycles. The van der Waals surface area contributed by atoms with Crippen LogP contribution >= 0.6 is 0 Å². The van der Waals surface area contributed by atoms with Gasteiger partial charge in [-0.1, -0.05) is 17.3 Å². The van der Waals surface area contributed by atoms with Crippen LogP contribution in [0.4, 0.5) is 11.5 Å². The van der Waals surface area contributed by atoms with E-state index in [-0.39, 0.29) is 0 Å². The summed E-state index contributed by atoms with van der Waals surface area (Å²) in [5.41, 5.74) is 4.06. The predicted molar refractivity (Wildman–Crippen MR) is 106 cm³/mol. The van der Waals surface area contributed by atoms with E-state index < -0.39 is 0 Å². The number of hydrogen-bond donors (Lipinski definition) is 1. The Morgan fingerprint density at radius 2 is 2.00 bits per heavy atom. The number of rotatable bonds is 4. The molecule has 29 heavy (non-hydrogen) atoms. The second-order valence-electron chi connectivity index (χ2n) is 6.35. The fourth-order valence-corrected chi connectivity index (χ4v) is 3.04. The zero-order chi connectivity index (χ0) is 19.6. The van der Waals surface area contributed by atoms with Crippen LogP contribution in [-0.4, -0.2) is 34.9 Å². The molecule has 138 valence electrons. The van der Waals surface area contributed by atoms with Crippen LogP contribution in [0.25, 0.3) is 22.2 Å². The number of nitrogens with zero attached hydrogens (tertiary/aromatic N) is 8. The Labute approximate surface area is 164 Å². The van der Waals surface area contributed by atoms with Gasteiger partial charge in [0.25, 0.3) is 0 Å². The Morgan fingerprint density at radius 1 is 1.03 bits per heavy atom. The lowest BCUT2D eigenvalue weighted by Gasteiger charge is -2.06. The summed E-state index contributed by atoms with van der Waals surface area (Å²) >= 11 is 0. The molecule has 0 amide bonds. The molecule has 0 bridgehead atoms. The minimum atomic E-state index is 0.321. The van der Waals surface area contributed by atoms with Gasteiger partial charge >= 0.3 is 0 Å². The van der Waals surface area contributed by atoms with Crippen molar-refractivity contribution in [2.75, 3.05) is 5.32 Å². The molecule has 0 saturated carbocycles. The van der Waals surface area contributed by atoms with Crippen molar-refractivity contribution >= 4 is 33.7 Å². The molecular weight excluding hydrogens is 366 g/mol. The number of nitriles is 1. The SMILES string of the molecule is N#Cc1cc(Nc2cnc3nnn(Cc4ccc5ncccc5c4)c3n2)ccn1. The summed E-state index contributed by atoms with van der Waals surface area (Å²) in [5.74, 6) is 0.527. The Morgan fingerprint density at radius 3 is 2.93 bits per heavy atom. The van der Waals surface area contributed by atoms with Crippen LogP contribution in [0.15, 0.2) is 61.1 Å². The first-order valence-corrected chi connectivity index (χ1v) is 8.81. The monoisotopic (exact) mass is 379 g/mol. The van der Waals surface area contributed by atoms with Crippen molar-refractivity contribution in [3.63, 3.8) is 0 Å². The van der Waals surface area contributed by atoms with Gasteiger partial charge in [0.2, 0.25) is 5.65 Å². The van der Waals surface area contributed by atoms with Gasteiger partial charge in [-0.15, -0.1) is 5.10 Å². The second kappa shape index (κ2) is 6.94. The molecule has 1 N–H and O–H groups in total.